The second-order valence-corrected chi connectivity index (χ2v) is 8.88. The normalized spacial score (nSPS) is 17.3. The largest absolute Gasteiger partial charge is 0.507 e. The Hall–Kier alpha value is -3.32. The van der Waals surface area contributed by atoms with E-state index in [9.17, 15) is 14.7 Å². The molecule has 1 unspecified atom stereocenters. The van der Waals surface area contributed by atoms with Gasteiger partial charge in [0.05, 0.1) is 24.8 Å². The van der Waals surface area contributed by atoms with Crippen molar-refractivity contribution in [1.82, 2.24) is 9.80 Å². The molecule has 7 heteroatoms. The van der Waals surface area contributed by atoms with Crippen molar-refractivity contribution in [3.8, 4) is 11.5 Å². The van der Waals surface area contributed by atoms with E-state index in [2.05, 4.69) is 6.92 Å². The molecule has 1 heterocycles. The maximum absolute atomic E-state index is 13.2. The van der Waals surface area contributed by atoms with Crippen LogP contribution in [0.4, 0.5) is 0 Å². The van der Waals surface area contributed by atoms with Crippen LogP contribution in [0.5, 0.6) is 11.5 Å². The second-order valence-electron chi connectivity index (χ2n) is 8.88. The van der Waals surface area contributed by atoms with E-state index in [0.29, 0.717) is 37.6 Å². The Kier molecular flexibility index (Phi) is 9.32. The van der Waals surface area contributed by atoms with Gasteiger partial charge in [0.1, 0.15) is 17.3 Å². The number of ketones is 1. The highest BCUT2D eigenvalue weighted by Crippen LogP contribution is 2.40. The second kappa shape index (κ2) is 12.4. The molecule has 0 aliphatic carbocycles. The molecule has 2 aromatic rings. The van der Waals surface area contributed by atoms with Crippen molar-refractivity contribution in [3.05, 3.63) is 65.2 Å². The van der Waals surface area contributed by atoms with Gasteiger partial charge in [-0.15, -0.1) is 0 Å². The molecular weight excluding hydrogens is 444 g/mol. The molecule has 0 spiro atoms. The Balaban J connectivity index is 1.99. The molecule has 1 saturated heterocycles. The van der Waals surface area contributed by atoms with E-state index < -0.39 is 17.7 Å². The molecule has 0 radical (unpaired) electrons. The molecule has 3 rings (SSSR count). The molecule has 1 aliphatic rings. The summed E-state index contributed by atoms with van der Waals surface area (Å²) in [6, 6.07) is 13.6. The van der Waals surface area contributed by atoms with Crippen LogP contribution in [0, 0.1) is 0 Å². The summed E-state index contributed by atoms with van der Waals surface area (Å²) in [5.41, 5.74) is 1.26. The first-order valence-electron chi connectivity index (χ1n) is 12.3. The Morgan fingerprint density at radius 2 is 1.74 bits per heavy atom. The number of nitrogens with zero attached hydrogens (tertiary/aromatic N) is 2. The van der Waals surface area contributed by atoms with Crippen LogP contribution in [0.15, 0.2) is 54.1 Å². The Morgan fingerprint density at radius 1 is 1.00 bits per heavy atom. The van der Waals surface area contributed by atoms with Crippen molar-refractivity contribution >= 4 is 17.4 Å². The molecular formula is C28H36N2O5. The number of benzene rings is 2. The molecule has 2 aromatic carbocycles. The maximum atomic E-state index is 13.2. The molecule has 188 valence electrons. The number of rotatable bonds is 12. The topological polar surface area (TPSA) is 79.3 Å². The van der Waals surface area contributed by atoms with Gasteiger partial charge in [0.25, 0.3) is 11.7 Å². The highest BCUT2D eigenvalue weighted by molar-refractivity contribution is 6.46. The van der Waals surface area contributed by atoms with Crippen molar-refractivity contribution in [2.45, 2.75) is 39.2 Å². The van der Waals surface area contributed by atoms with Gasteiger partial charge in [-0.3, -0.25) is 9.59 Å². The molecule has 0 bridgehead atoms. The fraction of sp³-hybridized carbons (Fsp3) is 0.429. The van der Waals surface area contributed by atoms with Gasteiger partial charge >= 0.3 is 0 Å². The molecule has 35 heavy (non-hydrogen) atoms. The first-order valence-corrected chi connectivity index (χ1v) is 12.3. The number of Topliss-reactive ketones (excluding diaryl/α,β-unsaturated/α-hetero) is 1. The first kappa shape index (κ1) is 26.3. The number of hydrogen-bond acceptors (Lipinski definition) is 6. The van der Waals surface area contributed by atoms with Crippen LogP contribution in [-0.2, 0) is 9.59 Å². The van der Waals surface area contributed by atoms with E-state index >= 15 is 0 Å². The van der Waals surface area contributed by atoms with E-state index in [0.717, 1.165) is 30.6 Å². The number of likely N-dealkylation sites (N-methyl/N-ethyl adjacent to an activating group) is 1. The lowest BCUT2D eigenvalue weighted by Crippen LogP contribution is -2.35. The summed E-state index contributed by atoms with van der Waals surface area (Å²) >= 11 is 0. The Bertz CT molecular complexity index is 1050. The molecule has 0 saturated carbocycles. The zero-order valence-electron chi connectivity index (χ0n) is 21.1. The number of carbonyl (C=O) groups is 2. The van der Waals surface area contributed by atoms with Gasteiger partial charge in [0.15, 0.2) is 0 Å². The van der Waals surface area contributed by atoms with Crippen LogP contribution in [0.1, 0.15) is 50.3 Å². The smallest absolute Gasteiger partial charge is 0.295 e. The maximum Gasteiger partial charge on any atom is 0.295 e. The molecule has 1 amide bonds. The summed E-state index contributed by atoms with van der Waals surface area (Å²) in [6.45, 7) is 6.08. The van der Waals surface area contributed by atoms with Gasteiger partial charge in [0.2, 0.25) is 0 Å². The average molecular weight is 481 g/mol. The van der Waals surface area contributed by atoms with Gasteiger partial charge < -0.3 is 24.4 Å². The highest BCUT2D eigenvalue weighted by atomic mass is 16.5. The number of hydrogen-bond donors (Lipinski definition) is 1. The molecule has 1 aliphatic heterocycles. The molecule has 7 nitrogen and oxygen atoms in total. The number of unbranched alkanes of at least 4 members (excludes halogenated alkanes) is 2. The van der Waals surface area contributed by atoms with E-state index in [1.165, 1.54) is 4.90 Å². The Labute approximate surface area is 207 Å². The fourth-order valence-electron chi connectivity index (χ4n) is 4.11. The summed E-state index contributed by atoms with van der Waals surface area (Å²) in [6.07, 6.45) is 3.23. The van der Waals surface area contributed by atoms with Gasteiger partial charge in [-0.2, -0.15) is 0 Å². The van der Waals surface area contributed by atoms with E-state index in [4.69, 9.17) is 9.47 Å². The summed E-state index contributed by atoms with van der Waals surface area (Å²) in [7, 11) is 3.82. The zero-order chi connectivity index (χ0) is 25.4. The van der Waals surface area contributed by atoms with Crippen LogP contribution in [-0.4, -0.2) is 67.0 Å². The molecule has 1 N–H and O–H groups in total. The van der Waals surface area contributed by atoms with Gasteiger partial charge in [-0.25, -0.2) is 0 Å². The standard InChI is InChI=1S/C28H36N2O5/c1-5-7-8-18-35-22-14-12-20(13-15-22)25-24(27(32)28(33)30(25)17-16-29(3)4)26(31)21-10-9-11-23(19-21)34-6-2/h9-15,19,25,31H,5-8,16-18H2,1-4H3/b26-24+. The first-order chi connectivity index (χ1) is 16.9. The van der Waals surface area contributed by atoms with Crippen molar-refractivity contribution in [2.75, 3.05) is 40.4 Å². The van der Waals surface area contributed by atoms with Crippen LogP contribution in [0.2, 0.25) is 0 Å². The van der Waals surface area contributed by atoms with Crippen molar-refractivity contribution < 1.29 is 24.2 Å². The third-order valence-corrected chi connectivity index (χ3v) is 5.96. The van der Waals surface area contributed by atoms with Crippen LogP contribution < -0.4 is 9.47 Å². The zero-order valence-corrected chi connectivity index (χ0v) is 21.1. The Morgan fingerprint density at radius 3 is 2.40 bits per heavy atom. The minimum atomic E-state index is -0.695. The van der Waals surface area contributed by atoms with E-state index in [-0.39, 0.29) is 11.3 Å². The van der Waals surface area contributed by atoms with Crippen molar-refractivity contribution in [2.24, 2.45) is 0 Å². The summed E-state index contributed by atoms with van der Waals surface area (Å²) in [5, 5.41) is 11.2. The molecule has 1 atom stereocenters. The number of amides is 1. The van der Waals surface area contributed by atoms with Gasteiger partial charge in [0, 0.05) is 18.7 Å². The minimum absolute atomic E-state index is 0.0824. The SMILES string of the molecule is CCCCCOc1ccc(C2/C(=C(\O)c3cccc(OCC)c3)C(=O)C(=O)N2CCN(C)C)cc1. The highest BCUT2D eigenvalue weighted by Gasteiger charge is 2.45. The monoisotopic (exact) mass is 480 g/mol. The lowest BCUT2D eigenvalue weighted by molar-refractivity contribution is -0.140. The van der Waals surface area contributed by atoms with E-state index in [1.807, 2.05) is 50.2 Å². The lowest BCUT2D eigenvalue weighted by atomic mass is 9.95. The lowest BCUT2D eigenvalue weighted by Gasteiger charge is -2.26. The van der Waals surface area contributed by atoms with Gasteiger partial charge in [-0.05, 0) is 57.3 Å². The van der Waals surface area contributed by atoms with Gasteiger partial charge in [-0.1, -0.05) is 44.0 Å². The summed E-state index contributed by atoms with van der Waals surface area (Å²) in [4.78, 5) is 29.7. The average Bonchev–Trinajstić information content (AvgIpc) is 3.10. The van der Waals surface area contributed by atoms with Crippen molar-refractivity contribution in [3.63, 3.8) is 0 Å². The predicted molar refractivity (Wildman–Crippen MR) is 137 cm³/mol. The predicted octanol–water partition coefficient (Wildman–Crippen LogP) is 4.64. The van der Waals surface area contributed by atoms with Crippen molar-refractivity contribution in [1.29, 1.82) is 0 Å². The molecule has 0 aromatic heterocycles. The van der Waals surface area contributed by atoms with Crippen LogP contribution >= 0.6 is 0 Å². The number of likely N-dealkylation sites (tertiary alicyclic amines) is 1. The third kappa shape index (κ3) is 6.42. The summed E-state index contributed by atoms with van der Waals surface area (Å²) < 4.78 is 11.4. The number of carbonyl (C=O) groups excluding carboxylic acids is 2. The summed E-state index contributed by atoms with van der Waals surface area (Å²) in [5.74, 6) is -0.187. The quantitative estimate of drug-likeness (QED) is 0.206. The number of ether oxygens (including phenoxy) is 2. The number of aliphatic hydroxyl groups excluding tert-OH is 1. The van der Waals surface area contributed by atoms with Crippen LogP contribution in [0.25, 0.3) is 5.76 Å². The number of aliphatic hydroxyl groups is 1. The third-order valence-electron chi connectivity index (χ3n) is 5.96. The van der Waals surface area contributed by atoms with E-state index in [1.54, 1.807) is 24.3 Å². The fourth-order valence-corrected chi connectivity index (χ4v) is 4.11. The minimum Gasteiger partial charge on any atom is -0.507 e. The van der Waals surface area contributed by atoms with Crippen LogP contribution in [0.3, 0.4) is 0 Å². The molecule has 1 fully saturated rings.